The molecule has 3 aliphatic rings. The lowest BCUT2D eigenvalue weighted by Gasteiger charge is -2.38. The molecular weight excluding hydrogens is 546 g/mol. The van der Waals surface area contributed by atoms with Gasteiger partial charge in [-0.15, -0.1) is 0 Å². The highest BCUT2D eigenvalue weighted by Crippen LogP contribution is 2.62. The van der Waals surface area contributed by atoms with Gasteiger partial charge in [-0.3, -0.25) is 24.5 Å². The first-order valence-corrected chi connectivity index (χ1v) is 13.8. The predicted octanol–water partition coefficient (Wildman–Crippen LogP) is 5.59. The first kappa shape index (κ1) is 26.3. The molecule has 212 valence electrons. The number of nitrogens with zero attached hydrogens (tertiary/aromatic N) is 2. The van der Waals surface area contributed by atoms with E-state index >= 15 is 0 Å². The van der Waals surface area contributed by atoms with Crippen LogP contribution >= 0.6 is 0 Å². The number of rotatable bonds is 6. The zero-order chi connectivity index (χ0) is 29.9. The fourth-order valence-electron chi connectivity index (χ4n) is 7.07. The molecule has 1 N–H and O–H groups in total. The number of fused-ring (bicyclic) bond motifs is 6. The Balaban J connectivity index is 1.53. The van der Waals surface area contributed by atoms with Gasteiger partial charge in [0.05, 0.1) is 24.0 Å². The third kappa shape index (κ3) is 3.74. The van der Waals surface area contributed by atoms with E-state index in [1.54, 1.807) is 41.4 Å². The van der Waals surface area contributed by atoms with Crippen LogP contribution in [0.25, 0.3) is 6.08 Å². The summed E-state index contributed by atoms with van der Waals surface area (Å²) in [4.78, 5) is 56.8. The monoisotopic (exact) mass is 571 g/mol. The van der Waals surface area contributed by atoms with Gasteiger partial charge in [0, 0.05) is 35.1 Å². The van der Waals surface area contributed by atoms with Crippen LogP contribution in [0.15, 0.2) is 103 Å². The summed E-state index contributed by atoms with van der Waals surface area (Å²) in [5, 5.41) is 14.6. The Morgan fingerprint density at radius 1 is 0.907 bits per heavy atom. The van der Waals surface area contributed by atoms with Gasteiger partial charge in [0.1, 0.15) is 17.2 Å². The number of carbonyl (C=O) groups is 3. The Hall–Kier alpha value is -5.57. The average molecular weight is 572 g/mol. The number of benzene rings is 4. The van der Waals surface area contributed by atoms with Gasteiger partial charge in [-0.05, 0) is 41.0 Å². The Kier molecular flexibility index (Phi) is 5.98. The topological polar surface area (TPSA) is 119 Å². The fourth-order valence-corrected chi connectivity index (χ4v) is 7.07. The van der Waals surface area contributed by atoms with Crippen LogP contribution in [0, 0.1) is 16.0 Å². The van der Waals surface area contributed by atoms with E-state index in [2.05, 4.69) is 5.32 Å². The van der Waals surface area contributed by atoms with E-state index in [-0.39, 0.29) is 22.7 Å². The zero-order valence-corrected chi connectivity index (χ0v) is 23.0. The van der Waals surface area contributed by atoms with Gasteiger partial charge in [-0.25, -0.2) is 0 Å². The molecule has 0 aromatic heterocycles. The minimum atomic E-state index is -1.50. The van der Waals surface area contributed by atoms with Crippen molar-refractivity contribution in [1.82, 2.24) is 4.90 Å². The van der Waals surface area contributed by atoms with Crippen molar-refractivity contribution in [2.24, 2.45) is 5.92 Å². The molecule has 4 aromatic rings. The van der Waals surface area contributed by atoms with Crippen LogP contribution in [-0.4, -0.2) is 40.4 Å². The highest BCUT2D eigenvalue weighted by molar-refractivity contribution is 6.16. The minimum Gasteiger partial charge on any atom is -0.497 e. The van der Waals surface area contributed by atoms with E-state index in [1.165, 1.54) is 31.4 Å². The minimum absolute atomic E-state index is 0.0809. The third-order valence-corrected chi connectivity index (χ3v) is 8.82. The van der Waals surface area contributed by atoms with Gasteiger partial charge in [0.2, 0.25) is 5.91 Å². The molecule has 1 amide bonds. The summed E-state index contributed by atoms with van der Waals surface area (Å²) in [5.74, 6) is -2.03. The maximum absolute atomic E-state index is 14.9. The Bertz CT molecular complexity index is 1880. The maximum atomic E-state index is 14.9. The van der Waals surface area contributed by atoms with E-state index in [0.717, 1.165) is 11.1 Å². The second-order valence-corrected chi connectivity index (χ2v) is 10.9. The second-order valence-electron chi connectivity index (χ2n) is 10.9. The van der Waals surface area contributed by atoms with Crippen molar-refractivity contribution in [3.05, 3.63) is 141 Å². The molecule has 7 rings (SSSR count). The van der Waals surface area contributed by atoms with Crippen LogP contribution in [0.3, 0.4) is 0 Å². The summed E-state index contributed by atoms with van der Waals surface area (Å²) < 4.78 is 5.40. The van der Waals surface area contributed by atoms with Crippen LogP contribution in [0.2, 0.25) is 0 Å². The smallest absolute Gasteiger partial charge is 0.270 e. The van der Waals surface area contributed by atoms with E-state index in [0.29, 0.717) is 17.0 Å². The van der Waals surface area contributed by atoms with Crippen LogP contribution in [0.4, 0.5) is 11.4 Å². The van der Waals surface area contributed by atoms with Crippen LogP contribution < -0.4 is 10.1 Å². The molecule has 4 atom stereocenters. The van der Waals surface area contributed by atoms with Crippen molar-refractivity contribution in [2.45, 2.75) is 17.5 Å². The van der Waals surface area contributed by atoms with Gasteiger partial charge in [0.25, 0.3) is 5.69 Å². The predicted molar refractivity (Wildman–Crippen MR) is 159 cm³/mol. The quantitative estimate of drug-likeness (QED) is 0.182. The summed E-state index contributed by atoms with van der Waals surface area (Å²) in [5.41, 5.74) is 1.49. The van der Waals surface area contributed by atoms with Gasteiger partial charge < -0.3 is 15.0 Å². The molecule has 1 saturated heterocycles. The van der Waals surface area contributed by atoms with Crippen molar-refractivity contribution in [2.75, 3.05) is 12.4 Å². The summed E-state index contributed by atoms with van der Waals surface area (Å²) in [6, 6.07) is 25.1. The van der Waals surface area contributed by atoms with Crippen LogP contribution in [0.5, 0.6) is 5.75 Å². The molecule has 9 nitrogen and oxygen atoms in total. The van der Waals surface area contributed by atoms with E-state index < -0.39 is 39.9 Å². The molecule has 3 heterocycles. The van der Waals surface area contributed by atoms with Gasteiger partial charge in [-0.1, -0.05) is 66.7 Å². The maximum Gasteiger partial charge on any atom is 0.270 e. The molecule has 0 bridgehead atoms. The fraction of sp³-hybridized carbons (Fsp3) is 0.147. The number of carbonyl (C=O) groups excluding carboxylic acids is 3. The number of hydrogen-bond donors (Lipinski definition) is 1. The number of amides is 1. The number of nitro groups is 1. The van der Waals surface area contributed by atoms with Crippen LogP contribution in [-0.2, 0) is 10.2 Å². The number of para-hydroxylation sites is 1. The van der Waals surface area contributed by atoms with Crippen LogP contribution in [0.1, 0.15) is 43.4 Å². The average Bonchev–Trinajstić information content (AvgIpc) is 3.52. The third-order valence-electron chi connectivity index (χ3n) is 8.82. The van der Waals surface area contributed by atoms with Gasteiger partial charge in [-0.2, -0.15) is 0 Å². The highest BCUT2D eigenvalue weighted by atomic mass is 16.6. The lowest BCUT2D eigenvalue weighted by molar-refractivity contribution is -0.384. The molecule has 43 heavy (non-hydrogen) atoms. The van der Waals surface area contributed by atoms with Crippen molar-refractivity contribution in [3.8, 4) is 5.75 Å². The Morgan fingerprint density at radius 3 is 2.42 bits per heavy atom. The number of ketones is 2. The molecule has 0 aliphatic carbocycles. The van der Waals surface area contributed by atoms with Crippen molar-refractivity contribution in [1.29, 1.82) is 0 Å². The lowest BCUT2D eigenvalue weighted by Crippen LogP contribution is -2.49. The van der Waals surface area contributed by atoms with Crippen molar-refractivity contribution >= 4 is 34.9 Å². The molecule has 9 heteroatoms. The molecule has 4 aromatic carbocycles. The summed E-state index contributed by atoms with van der Waals surface area (Å²) >= 11 is 0. The number of non-ortho nitro benzene ring substituents is 1. The SMILES string of the molecule is COc1cccc(C(=O)[C@@H]2[C@@H](C(=O)c3cccc([N+](=O)[O-])c3)N3C=Cc4ccccc4[C@@H]3[C@]23C(=O)Nc2ccccc23)c1. The normalized spacial score (nSPS) is 22.9. The number of anilines is 1. The molecule has 1 spiro atoms. The molecular formula is C34H25N3O6. The molecule has 0 unspecified atom stereocenters. The lowest BCUT2D eigenvalue weighted by atomic mass is 9.62. The van der Waals surface area contributed by atoms with Gasteiger partial charge in [0.15, 0.2) is 11.6 Å². The number of ether oxygens (including phenoxy) is 1. The Labute approximate surface area is 246 Å². The first-order valence-electron chi connectivity index (χ1n) is 13.8. The van der Waals surface area contributed by atoms with Crippen molar-refractivity contribution in [3.63, 3.8) is 0 Å². The van der Waals surface area contributed by atoms with Gasteiger partial charge >= 0.3 is 0 Å². The first-order chi connectivity index (χ1) is 20.9. The molecule has 0 saturated carbocycles. The highest BCUT2D eigenvalue weighted by Gasteiger charge is 2.70. The second kappa shape index (κ2) is 9.77. The van der Waals surface area contributed by atoms with E-state index in [4.69, 9.17) is 4.74 Å². The Morgan fingerprint density at radius 2 is 1.63 bits per heavy atom. The number of methoxy groups -OCH3 is 1. The number of nitro benzene ring substituents is 1. The van der Waals surface area contributed by atoms with Crippen molar-refractivity contribution < 1.29 is 24.0 Å². The zero-order valence-electron chi connectivity index (χ0n) is 23.0. The summed E-state index contributed by atoms with van der Waals surface area (Å²) in [7, 11) is 1.50. The molecule has 3 aliphatic heterocycles. The molecule has 0 radical (unpaired) electrons. The standard InChI is InChI=1S/C34H25N3O6/c1-43-24-12-7-10-22(19-24)30(38)28-29(31(39)21-9-6-11-23(18-21)37(41)42)36-17-16-20-8-2-3-13-25(20)32(36)34(28)26-14-4-5-15-27(26)35-33(34)40/h2-19,28-29,32H,1H3,(H,35,40)/t28-,29-,32+,34+/m0/s1. The number of hydrogen-bond acceptors (Lipinski definition) is 7. The largest absolute Gasteiger partial charge is 0.497 e. The number of nitrogens with one attached hydrogen (secondary N) is 1. The van der Waals surface area contributed by atoms with E-state index in [1.807, 2.05) is 48.5 Å². The number of Topliss-reactive ketones (excluding diaryl/α,β-unsaturated/α-hetero) is 2. The summed E-state index contributed by atoms with van der Waals surface area (Å²) in [6.07, 6.45) is 3.63. The molecule has 1 fully saturated rings. The van der Waals surface area contributed by atoms with E-state index in [9.17, 15) is 24.5 Å². The summed E-state index contributed by atoms with van der Waals surface area (Å²) in [6.45, 7) is 0.